The Morgan fingerprint density at radius 3 is 3.11 bits per heavy atom. The Labute approximate surface area is 111 Å². The van der Waals surface area contributed by atoms with Crippen LogP contribution in [0.1, 0.15) is 34.1 Å². The van der Waals surface area contributed by atoms with Gasteiger partial charge in [-0.1, -0.05) is 0 Å². The van der Waals surface area contributed by atoms with Gasteiger partial charge >= 0.3 is 0 Å². The molecule has 5 heteroatoms. The lowest BCUT2D eigenvalue weighted by Gasteiger charge is -2.11. The van der Waals surface area contributed by atoms with Crippen LogP contribution in [0, 0.1) is 6.92 Å². The molecule has 0 aromatic carbocycles. The van der Waals surface area contributed by atoms with E-state index in [0.29, 0.717) is 0 Å². The lowest BCUT2D eigenvalue weighted by molar-refractivity contribution is 0.481. The summed E-state index contributed by atoms with van der Waals surface area (Å²) in [6, 6.07) is 2.24. The molecule has 0 fully saturated rings. The van der Waals surface area contributed by atoms with Crippen molar-refractivity contribution in [3.8, 4) is 0 Å². The molecule has 0 saturated carbocycles. The Kier molecular flexibility index (Phi) is 3.43. The highest BCUT2D eigenvalue weighted by molar-refractivity contribution is 7.11. The summed E-state index contributed by atoms with van der Waals surface area (Å²) in [5.41, 5.74) is 2.56. The van der Waals surface area contributed by atoms with Gasteiger partial charge in [0.15, 0.2) is 0 Å². The van der Waals surface area contributed by atoms with Gasteiger partial charge in [-0.15, -0.1) is 11.3 Å². The van der Waals surface area contributed by atoms with Gasteiger partial charge in [0.1, 0.15) is 0 Å². The van der Waals surface area contributed by atoms with E-state index in [2.05, 4.69) is 26.1 Å². The van der Waals surface area contributed by atoms with E-state index in [0.717, 1.165) is 30.3 Å². The molecule has 4 nitrogen and oxygen atoms in total. The second-order valence-electron chi connectivity index (χ2n) is 4.76. The van der Waals surface area contributed by atoms with Gasteiger partial charge in [-0.2, -0.15) is 5.10 Å². The number of rotatable bonds is 4. The molecule has 96 valence electrons. The molecule has 18 heavy (non-hydrogen) atoms. The molecule has 3 heterocycles. The van der Waals surface area contributed by atoms with Crippen molar-refractivity contribution in [1.29, 1.82) is 0 Å². The van der Waals surface area contributed by atoms with Gasteiger partial charge in [0.2, 0.25) is 0 Å². The fourth-order valence-electron chi connectivity index (χ4n) is 2.36. The quantitative estimate of drug-likeness (QED) is 0.919. The number of aromatic nitrogens is 3. The number of nitrogens with one attached hydrogen (secondary N) is 1. The van der Waals surface area contributed by atoms with Crippen LogP contribution in [0.5, 0.6) is 0 Å². The first-order valence-electron chi connectivity index (χ1n) is 6.49. The van der Waals surface area contributed by atoms with E-state index >= 15 is 0 Å². The number of hydrogen-bond acceptors (Lipinski definition) is 4. The predicted octanol–water partition coefficient (Wildman–Crippen LogP) is 2.27. The minimum atomic E-state index is 0.844. The Morgan fingerprint density at radius 2 is 2.33 bits per heavy atom. The lowest BCUT2D eigenvalue weighted by Crippen LogP contribution is -2.13. The highest BCUT2D eigenvalue weighted by Crippen LogP contribution is 2.15. The third-order valence-electron chi connectivity index (χ3n) is 3.24. The third kappa shape index (κ3) is 2.62. The first kappa shape index (κ1) is 11.9. The van der Waals surface area contributed by atoms with Crippen molar-refractivity contribution in [3.05, 3.63) is 33.5 Å². The van der Waals surface area contributed by atoms with E-state index in [-0.39, 0.29) is 0 Å². The van der Waals surface area contributed by atoms with Crippen LogP contribution >= 0.6 is 11.3 Å². The SMILES string of the molecule is Cc1ncc(CNCc2cc3n(n2)CCCC3)s1. The highest BCUT2D eigenvalue weighted by atomic mass is 32.1. The van der Waals surface area contributed by atoms with Gasteiger partial charge in [-0.05, 0) is 32.3 Å². The predicted molar refractivity (Wildman–Crippen MR) is 72.6 cm³/mol. The topological polar surface area (TPSA) is 42.7 Å². The van der Waals surface area contributed by atoms with Crippen LogP contribution in [-0.2, 0) is 26.1 Å². The number of fused-ring (bicyclic) bond motifs is 1. The van der Waals surface area contributed by atoms with Crippen LogP contribution in [0.4, 0.5) is 0 Å². The summed E-state index contributed by atoms with van der Waals surface area (Å²) in [7, 11) is 0. The van der Waals surface area contributed by atoms with Crippen molar-refractivity contribution in [3.63, 3.8) is 0 Å². The third-order valence-corrected chi connectivity index (χ3v) is 4.15. The zero-order valence-electron chi connectivity index (χ0n) is 10.6. The molecule has 1 aliphatic rings. The molecule has 0 radical (unpaired) electrons. The van der Waals surface area contributed by atoms with Crippen molar-refractivity contribution in [2.75, 3.05) is 0 Å². The van der Waals surface area contributed by atoms with Crippen molar-refractivity contribution < 1.29 is 0 Å². The minimum Gasteiger partial charge on any atom is -0.306 e. The normalized spacial score (nSPS) is 14.7. The zero-order chi connectivity index (χ0) is 12.4. The molecular formula is C13H18N4S. The fraction of sp³-hybridized carbons (Fsp3) is 0.538. The largest absolute Gasteiger partial charge is 0.306 e. The molecule has 0 aliphatic carbocycles. The number of hydrogen-bond donors (Lipinski definition) is 1. The summed E-state index contributed by atoms with van der Waals surface area (Å²) < 4.78 is 2.16. The van der Waals surface area contributed by atoms with Gasteiger partial charge in [-0.25, -0.2) is 4.98 Å². The molecular weight excluding hydrogens is 244 g/mol. The fourth-order valence-corrected chi connectivity index (χ4v) is 3.13. The van der Waals surface area contributed by atoms with Gasteiger partial charge in [0.25, 0.3) is 0 Å². The second kappa shape index (κ2) is 5.20. The molecule has 2 aromatic heterocycles. The smallest absolute Gasteiger partial charge is 0.0897 e. The molecule has 2 aromatic rings. The van der Waals surface area contributed by atoms with Gasteiger partial charge in [0.05, 0.1) is 10.7 Å². The Morgan fingerprint density at radius 1 is 1.39 bits per heavy atom. The molecule has 0 unspecified atom stereocenters. The zero-order valence-corrected chi connectivity index (χ0v) is 11.5. The summed E-state index contributed by atoms with van der Waals surface area (Å²) in [5, 5.41) is 9.19. The molecule has 0 bridgehead atoms. The minimum absolute atomic E-state index is 0.844. The van der Waals surface area contributed by atoms with Crippen molar-refractivity contribution in [1.82, 2.24) is 20.1 Å². The summed E-state index contributed by atoms with van der Waals surface area (Å²) >= 11 is 1.75. The molecule has 0 atom stereocenters. The number of thiazole rings is 1. The Bertz CT molecular complexity index is 505. The van der Waals surface area contributed by atoms with E-state index in [1.807, 2.05) is 13.1 Å². The molecule has 0 spiro atoms. The average Bonchev–Trinajstić information content (AvgIpc) is 2.95. The second-order valence-corrected chi connectivity index (χ2v) is 6.08. The Balaban J connectivity index is 1.55. The molecule has 1 N–H and O–H groups in total. The molecule has 0 amide bonds. The van der Waals surface area contributed by atoms with E-state index < -0.39 is 0 Å². The van der Waals surface area contributed by atoms with Crippen molar-refractivity contribution in [2.24, 2.45) is 0 Å². The van der Waals surface area contributed by atoms with Gasteiger partial charge < -0.3 is 5.32 Å². The number of nitrogens with zero attached hydrogens (tertiary/aromatic N) is 3. The van der Waals surface area contributed by atoms with Crippen LogP contribution < -0.4 is 5.32 Å². The first-order valence-corrected chi connectivity index (χ1v) is 7.30. The molecule has 3 rings (SSSR count). The Hall–Kier alpha value is -1.20. The summed E-state index contributed by atoms with van der Waals surface area (Å²) in [5.74, 6) is 0. The molecule has 0 saturated heterocycles. The van der Waals surface area contributed by atoms with E-state index in [4.69, 9.17) is 0 Å². The van der Waals surface area contributed by atoms with Gasteiger partial charge in [0, 0.05) is 36.4 Å². The summed E-state index contributed by atoms with van der Waals surface area (Å²) in [6.07, 6.45) is 5.70. The van der Waals surface area contributed by atoms with E-state index in [1.165, 1.54) is 29.8 Å². The standard InChI is InChI=1S/C13H18N4S/c1-10-15-9-13(18-10)8-14-7-11-6-12-4-2-3-5-17(12)16-11/h6,9,14H,2-5,7-8H2,1H3. The van der Waals surface area contributed by atoms with E-state index in [9.17, 15) is 0 Å². The maximum Gasteiger partial charge on any atom is 0.0897 e. The van der Waals surface area contributed by atoms with Crippen molar-refractivity contribution >= 4 is 11.3 Å². The van der Waals surface area contributed by atoms with Crippen LogP contribution in [-0.4, -0.2) is 14.8 Å². The van der Waals surface area contributed by atoms with Crippen LogP contribution in [0.25, 0.3) is 0 Å². The van der Waals surface area contributed by atoms with Gasteiger partial charge in [-0.3, -0.25) is 4.68 Å². The highest BCUT2D eigenvalue weighted by Gasteiger charge is 2.11. The average molecular weight is 262 g/mol. The van der Waals surface area contributed by atoms with Crippen LogP contribution in [0.3, 0.4) is 0 Å². The van der Waals surface area contributed by atoms with Crippen molar-refractivity contribution in [2.45, 2.75) is 45.8 Å². The van der Waals surface area contributed by atoms with Crippen LogP contribution in [0.15, 0.2) is 12.3 Å². The first-order chi connectivity index (χ1) is 8.81. The monoisotopic (exact) mass is 262 g/mol. The van der Waals surface area contributed by atoms with Crippen LogP contribution in [0.2, 0.25) is 0 Å². The maximum absolute atomic E-state index is 4.63. The molecule has 1 aliphatic heterocycles. The summed E-state index contributed by atoms with van der Waals surface area (Å²) in [4.78, 5) is 5.54. The number of aryl methyl sites for hydroxylation is 3. The maximum atomic E-state index is 4.63. The summed E-state index contributed by atoms with van der Waals surface area (Å²) in [6.45, 7) is 4.85. The van der Waals surface area contributed by atoms with E-state index in [1.54, 1.807) is 11.3 Å². The lowest BCUT2D eigenvalue weighted by atomic mass is 10.1.